The van der Waals surface area contributed by atoms with Crippen LogP contribution in [0.5, 0.6) is 0 Å². The van der Waals surface area contributed by atoms with Gasteiger partial charge in [-0.2, -0.15) is 0 Å². The number of hydrogen-bond donors (Lipinski definition) is 4. The number of hydrogen-bond acceptors (Lipinski definition) is 4. The molecule has 100 valence electrons. The number of rotatable bonds is 4. The molecule has 1 aromatic carbocycles. The summed E-state index contributed by atoms with van der Waals surface area (Å²) in [6.07, 6.45) is 0.134. The predicted molar refractivity (Wildman–Crippen MR) is 63.7 cm³/mol. The van der Waals surface area contributed by atoms with Crippen LogP contribution in [0.1, 0.15) is 34.1 Å². The standard InChI is InChI=1S/C8H6O4.C4H10O2/c9-7(10)5-1-2-6(4-3-5)8(11)12;1-4(6)2-3-5/h1-4H,(H,9,10)(H,11,12);4-6H,2-3H2,1H3. The molecular formula is C12H16O6. The van der Waals surface area contributed by atoms with Crippen molar-refractivity contribution in [3.05, 3.63) is 35.4 Å². The smallest absolute Gasteiger partial charge is 0.335 e. The van der Waals surface area contributed by atoms with Crippen molar-refractivity contribution < 1.29 is 30.0 Å². The van der Waals surface area contributed by atoms with Gasteiger partial charge in [0, 0.05) is 6.61 Å². The van der Waals surface area contributed by atoms with Gasteiger partial charge in [-0.05, 0) is 37.6 Å². The van der Waals surface area contributed by atoms with Crippen LogP contribution in [0.15, 0.2) is 24.3 Å². The molecule has 0 heterocycles. The van der Waals surface area contributed by atoms with Crippen molar-refractivity contribution in [2.24, 2.45) is 0 Å². The van der Waals surface area contributed by atoms with Gasteiger partial charge in [-0.1, -0.05) is 0 Å². The van der Waals surface area contributed by atoms with Crippen molar-refractivity contribution >= 4 is 11.9 Å². The molecule has 0 aliphatic rings. The molecule has 0 aliphatic heterocycles. The highest BCUT2D eigenvalue weighted by molar-refractivity contribution is 5.91. The van der Waals surface area contributed by atoms with Crippen LogP contribution in [0.2, 0.25) is 0 Å². The molecule has 0 saturated heterocycles. The average molecular weight is 256 g/mol. The van der Waals surface area contributed by atoms with E-state index >= 15 is 0 Å². The van der Waals surface area contributed by atoms with Crippen molar-refractivity contribution in [2.75, 3.05) is 6.61 Å². The Morgan fingerprint density at radius 1 is 1.06 bits per heavy atom. The second kappa shape index (κ2) is 8.21. The van der Waals surface area contributed by atoms with Gasteiger partial charge in [-0.15, -0.1) is 0 Å². The molecule has 1 aromatic rings. The van der Waals surface area contributed by atoms with Gasteiger partial charge in [0.1, 0.15) is 0 Å². The van der Waals surface area contributed by atoms with E-state index in [0.717, 1.165) is 0 Å². The van der Waals surface area contributed by atoms with E-state index in [1.54, 1.807) is 6.92 Å². The second-order valence-electron chi connectivity index (χ2n) is 3.55. The Kier molecular flexibility index (Phi) is 7.34. The van der Waals surface area contributed by atoms with E-state index in [2.05, 4.69) is 0 Å². The minimum atomic E-state index is -1.06. The summed E-state index contributed by atoms with van der Waals surface area (Å²) >= 11 is 0. The minimum absolute atomic E-state index is 0.0810. The summed E-state index contributed by atoms with van der Waals surface area (Å²) in [5.74, 6) is -2.13. The molecule has 0 amide bonds. The summed E-state index contributed by atoms with van der Waals surface area (Å²) in [7, 11) is 0. The fraction of sp³-hybridized carbons (Fsp3) is 0.333. The van der Waals surface area contributed by atoms with Crippen LogP contribution in [0, 0.1) is 0 Å². The molecule has 1 rings (SSSR count). The lowest BCUT2D eigenvalue weighted by Gasteiger charge is -1.95. The van der Waals surface area contributed by atoms with Gasteiger partial charge >= 0.3 is 11.9 Å². The Balaban J connectivity index is 0.000000411. The zero-order chi connectivity index (χ0) is 14.1. The average Bonchev–Trinajstić information content (AvgIpc) is 2.29. The maximum Gasteiger partial charge on any atom is 0.335 e. The first kappa shape index (κ1) is 16.1. The van der Waals surface area contributed by atoms with E-state index in [1.807, 2.05) is 0 Å². The maximum atomic E-state index is 10.3. The number of aliphatic hydroxyl groups excluding tert-OH is 2. The topological polar surface area (TPSA) is 115 Å². The number of aromatic carboxylic acids is 2. The number of aliphatic hydroxyl groups is 2. The van der Waals surface area contributed by atoms with Crippen LogP contribution in [0.25, 0.3) is 0 Å². The summed E-state index contributed by atoms with van der Waals surface area (Å²) in [6, 6.07) is 5.02. The number of carboxylic acid groups (broad SMARTS) is 2. The molecule has 0 bridgehead atoms. The normalized spacial score (nSPS) is 11.1. The van der Waals surface area contributed by atoms with Crippen molar-refractivity contribution in [3.63, 3.8) is 0 Å². The van der Waals surface area contributed by atoms with E-state index in [1.165, 1.54) is 24.3 Å². The molecule has 1 atom stereocenters. The number of carboxylic acids is 2. The third-order valence-electron chi connectivity index (χ3n) is 1.93. The Morgan fingerprint density at radius 2 is 1.39 bits per heavy atom. The van der Waals surface area contributed by atoms with Gasteiger partial charge in [0.05, 0.1) is 17.2 Å². The lowest BCUT2D eigenvalue weighted by molar-refractivity contribution is 0.0681. The summed E-state index contributed by atoms with van der Waals surface area (Å²) in [6.45, 7) is 1.73. The van der Waals surface area contributed by atoms with Crippen LogP contribution in [-0.2, 0) is 0 Å². The fourth-order valence-electron chi connectivity index (χ4n) is 0.942. The minimum Gasteiger partial charge on any atom is -0.478 e. The van der Waals surface area contributed by atoms with Crippen LogP contribution < -0.4 is 0 Å². The van der Waals surface area contributed by atoms with Gasteiger partial charge in [0.25, 0.3) is 0 Å². The highest BCUT2D eigenvalue weighted by Crippen LogP contribution is 2.03. The van der Waals surface area contributed by atoms with Crippen molar-refractivity contribution in [2.45, 2.75) is 19.4 Å². The van der Waals surface area contributed by atoms with Crippen molar-refractivity contribution in [1.29, 1.82) is 0 Å². The van der Waals surface area contributed by atoms with Crippen molar-refractivity contribution in [1.82, 2.24) is 0 Å². The van der Waals surface area contributed by atoms with Crippen LogP contribution >= 0.6 is 0 Å². The van der Waals surface area contributed by atoms with Gasteiger partial charge in [0.15, 0.2) is 0 Å². The Morgan fingerprint density at radius 3 is 1.50 bits per heavy atom. The molecule has 4 N–H and O–H groups in total. The zero-order valence-corrected chi connectivity index (χ0v) is 9.91. The first-order valence-electron chi connectivity index (χ1n) is 5.24. The lowest BCUT2D eigenvalue weighted by Crippen LogP contribution is -2.00. The molecule has 6 heteroatoms. The Labute approximate surface area is 104 Å². The van der Waals surface area contributed by atoms with Gasteiger partial charge in [0.2, 0.25) is 0 Å². The number of benzene rings is 1. The predicted octanol–water partition coefficient (Wildman–Crippen LogP) is 0.833. The SMILES string of the molecule is CC(O)CCO.O=C(O)c1ccc(C(=O)O)cc1. The quantitative estimate of drug-likeness (QED) is 0.634. The van der Waals surface area contributed by atoms with Crippen LogP contribution in [0.4, 0.5) is 0 Å². The van der Waals surface area contributed by atoms with E-state index in [4.69, 9.17) is 20.4 Å². The number of carbonyl (C=O) groups is 2. The third-order valence-corrected chi connectivity index (χ3v) is 1.93. The second-order valence-corrected chi connectivity index (χ2v) is 3.55. The fourth-order valence-corrected chi connectivity index (χ4v) is 0.942. The highest BCUT2D eigenvalue weighted by atomic mass is 16.4. The molecular weight excluding hydrogens is 240 g/mol. The molecule has 18 heavy (non-hydrogen) atoms. The maximum absolute atomic E-state index is 10.3. The molecule has 0 radical (unpaired) electrons. The first-order chi connectivity index (χ1) is 8.38. The zero-order valence-electron chi connectivity index (χ0n) is 9.91. The van der Waals surface area contributed by atoms with Gasteiger partial charge in [-0.3, -0.25) is 0 Å². The largest absolute Gasteiger partial charge is 0.478 e. The van der Waals surface area contributed by atoms with Crippen LogP contribution in [0.3, 0.4) is 0 Å². The lowest BCUT2D eigenvalue weighted by atomic mass is 10.1. The third kappa shape index (κ3) is 6.62. The summed E-state index contributed by atoms with van der Waals surface area (Å²) < 4.78 is 0. The molecule has 0 saturated carbocycles. The Bertz CT molecular complexity index is 349. The molecule has 0 fully saturated rings. The summed E-state index contributed by atoms with van der Waals surface area (Å²) in [5.41, 5.74) is 0.167. The van der Waals surface area contributed by atoms with E-state index in [-0.39, 0.29) is 23.8 Å². The van der Waals surface area contributed by atoms with Crippen molar-refractivity contribution in [3.8, 4) is 0 Å². The van der Waals surface area contributed by atoms with E-state index in [0.29, 0.717) is 6.42 Å². The van der Waals surface area contributed by atoms with E-state index in [9.17, 15) is 9.59 Å². The van der Waals surface area contributed by atoms with Crippen LogP contribution in [-0.4, -0.2) is 45.1 Å². The summed E-state index contributed by atoms with van der Waals surface area (Å²) in [4.78, 5) is 20.7. The Hall–Kier alpha value is -1.92. The molecule has 6 nitrogen and oxygen atoms in total. The molecule has 0 aromatic heterocycles. The van der Waals surface area contributed by atoms with Gasteiger partial charge < -0.3 is 20.4 Å². The molecule has 0 spiro atoms. The first-order valence-corrected chi connectivity index (χ1v) is 5.24. The van der Waals surface area contributed by atoms with E-state index < -0.39 is 11.9 Å². The molecule has 1 unspecified atom stereocenters. The van der Waals surface area contributed by atoms with Gasteiger partial charge in [-0.25, -0.2) is 9.59 Å². The summed E-state index contributed by atoms with van der Waals surface area (Å²) in [5, 5.41) is 33.4. The molecule has 0 aliphatic carbocycles. The highest BCUT2D eigenvalue weighted by Gasteiger charge is 2.04. The monoisotopic (exact) mass is 256 g/mol.